The standard InChI is InChI=1S/C19H17N3O3/c1-12(23)20-14-4-3-5-15(11-14)21-19(24)18-8-6-13-10-16(25-2)7-9-17(13)22-18/h3-11H,1-2H3,(H,20,23)(H,21,24). The van der Waals surface area contributed by atoms with E-state index < -0.39 is 0 Å². The monoisotopic (exact) mass is 335 g/mol. The van der Waals surface area contributed by atoms with Crippen LogP contribution >= 0.6 is 0 Å². The SMILES string of the molecule is COc1ccc2nc(C(=O)Nc3cccc(NC(C)=O)c3)ccc2c1. The molecule has 2 N–H and O–H groups in total. The Balaban J connectivity index is 1.81. The minimum absolute atomic E-state index is 0.171. The summed E-state index contributed by atoms with van der Waals surface area (Å²) in [6.07, 6.45) is 0. The van der Waals surface area contributed by atoms with Crippen molar-refractivity contribution in [3.63, 3.8) is 0 Å². The molecule has 6 heteroatoms. The second kappa shape index (κ2) is 7.00. The number of rotatable bonds is 4. The number of benzene rings is 2. The zero-order chi connectivity index (χ0) is 17.8. The summed E-state index contributed by atoms with van der Waals surface area (Å²) in [7, 11) is 1.60. The summed E-state index contributed by atoms with van der Waals surface area (Å²) < 4.78 is 5.18. The van der Waals surface area contributed by atoms with E-state index in [0.29, 0.717) is 22.6 Å². The van der Waals surface area contributed by atoms with Crippen LogP contribution < -0.4 is 15.4 Å². The largest absolute Gasteiger partial charge is 0.497 e. The number of carbonyl (C=O) groups excluding carboxylic acids is 2. The van der Waals surface area contributed by atoms with Crippen molar-refractivity contribution in [2.45, 2.75) is 6.92 Å². The first-order valence-corrected chi connectivity index (χ1v) is 7.69. The van der Waals surface area contributed by atoms with Crippen LogP contribution in [0.4, 0.5) is 11.4 Å². The number of methoxy groups -OCH3 is 1. The van der Waals surface area contributed by atoms with Crippen molar-refractivity contribution < 1.29 is 14.3 Å². The quantitative estimate of drug-likeness (QED) is 0.765. The molecule has 0 saturated carbocycles. The first kappa shape index (κ1) is 16.4. The Labute approximate surface area is 144 Å². The van der Waals surface area contributed by atoms with E-state index in [1.165, 1.54) is 6.92 Å². The van der Waals surface area contributed by atoms with Crippen LogP contribution in [0.15, 0.2) is 54.6 Å². The average Bonchev–Trinajstić information content (AvgIpc) is 2.60. The highest BCUT2D eigenvalue weighted by Crippen LogP contribution is 2.20. The summed E-state index contributed by atoms with van der Waals surface area (Å²) in [5.74, 6) is 0.245. The number of nitrogens with zero attached hydrogens (tertiary/aromatic N) is 1. The van der Waals surface area contributed by atoms with Crippen molar-refractivity contribution in [3.05, 3.63) is 60.3 Å². The molecule has 0 saturated heterocycles. The number of amides is 2. The molecule has 0 atom stereocenters. The van der Waals surface area contributed by atoms with Crippen LogP contribution in [-0.2, 0) is 4.79 Å². The maximum atomic E-state index is 12.4. The molecular formula is C19H17N3O3. The summed E-state index contributed by atoms with van der Waals surface area (Å²) in [6.45, 7) is 1.43. The lowest BCUT2D eigenvalue weighted by Gasteiger charge is -2.08. The number of hydrogen-bond acceptors (Lipinski definition) is 4. The van der Waals surface area contributed by atoms with Gasteiger partial charge in [0.1, 0.15) is 11.4 Å². The topological polar surface area (TPSA) is 80.3 Å². The molecule has 25 heavy (non-hydrogen) atoms. The van der Waals surface area contributed by atoms with E-state index in [9.17, 15) is 9.59 Å². The maximum Gasteiger partial charge on any atom is 0.274 e. The Morgan fingerprint density at radius 1 is 0.960 bits per heavy atom. The van der Waals surface area contributed by atoms with Crippen LogP contribution in [0.3, 0.4) is 0 Å². The lowest BCUT2D eigenvalue weighted by atomic mass is 10.2. The molecular weight excluding hydrogens is 318 g/mol. The van der Waals surface area contributed by atoms with Gasteiger partial charge in [-0.2, -0.15) is 0 Å². The lowest BCUT2D eigenvalue weighted by molar-refractivity contribution is -0.114. The van der Waals surface area contributed by atoms with E-state index in [1.807, 2.05) is 18.2 Å². The molecule has 0 bridgehead atoms. The van der Waals surface area contributed by atoms with Crippen molar-refractivity contribution in [1.29, 1.82) is 0 Å². The molecule has 3 rings (SSSR count). The van der Waals surface area contributed by atoms with Gasteiger partial charge >= 0.3 is 0 Å². The van der Waals surface area contributed by atoms with Crippen LogP contribution in [0, 0.1) is 0 Å². The normalized spacial score (nSPS) is 10.3. The third kappa shape index (κ3) is 3.92. The fourth-order valence-corrected chi connectivity index (χ4v) is 2.43. The summed E-state index contributed by atoms with van der Waals surface area (Å²) in [5.41, 5.74) is 2.21. The third-order valence-corrected chi connectivity index (χ3v) is 3.57. The van der Waals surface area contributed by atoms with E-state index in [1.54, 1.807) is 43.5 Å². The fraction of sp³-hybridized carbons (Fsp3) is 0.105. The molecule has 0 aliphatic rings. The molecule has 3 aromatic rings. The lowest BCUT2D eigenvalue weighted by Crippen LogP contribution is -2.14. The van der Waals surface area contributed by atoms with Gasteiger partial charge in [-0.1, -0.05) is 12.1 Å². The molecule has 1 heterocycles. The summed E-state index contributed by atoms with van der Waals surface area (Å²) in [4.78, 5) is 27.9. The molecule has 0 fully saturated rings. The molecule has 0 aliphatic carbocycles. The van der Waals surface area contributed by atoms with Crippen LogP contribution in [-0.4, -0.2) is 23.9 Å². The van der Waals surface area contributed by atoms with Gasteiger partial charge in [-0.3, -0.25) is 9.59 Å². The fourth-order valence-electron chi connectivity index (χ4n) is 2.43. The van der Waals surface area contributed by atoms with Crippen LogP contribution in [0.25, 0.3) is 10.9 Å². The molecule has 2 aromatic carbocycles. The maximum absolute atomic E-state index is 12.4. The van der Waals surface area contributed by atoms with Crippen LogP contribution in [0.5, 0.6) is 5.75 Å². The number of nitrogens with one attached hydrogen (secondary N) is 2. The summed E-state index contributed by atoms with van der Waals surface area (Å²) in [5, 5.41) is 6.35. The van der Waals surface area contributed by atoms with Crippen LogP contribution in [0.2, 0.25) is 0 Å². The van der Waals surface area contributed by atoms with Crippen molar-refractivity contribution in [2.75, 3.05) is 17.7 Å². The molecule has 1 aromatic heterocycles. The molecule has 0 radical (unpaired) electrons. The number of aromatic nitrogens is 1. The Morgan fingerprint density at radius 3 is 2.44 bits per heavy atom. The van der Waals surface area contributed by atoms with Gasteiger partial charge in [-0.15, -0.1) is 0 Å². The highest BCUT2D eigenvalue weighted by Gasteiger charge is 2.10. The highest BCUT2D eigenvalue weighted by atomic mass is 16.5. The number of carbonyl (C=O) groups is 2. The predicted octanol–water partition coefficient (Wildman–Crippen LogP) is 3.45. The van der Waals surface area contributed by atoms with E-state index in [-0.39, 0.29) is 11.8 Å². The second-order valence-corrected chi connectivity index (χ2v) is 5.47. The Kier molecular flexibility index (Phi) is 4.61. The first-order chi connectivity index (χ1) is 12.0. The molecule has 0 aliphatic heterocycles. The van der Waals surface area contributed by atoms with E-state index >= 15 is 0 Å². The third-order valence-electron chi connectivity index (χ3n) is 3.57. The number of pyridine rings is 1. The molecule has 0 unspecified atom stereocenters. The van der Waals surface area contributed by atoms with Crippen molar-refractivity contribution >= 4 is 34.1 Å². The van der Waals surface area contributed by atoms with Gasteiger partial charge in [0.05, 0.1) is 12.6 Å². The minimum Gasteiger partial charge on any atom is -0.497 e. The van der Waals surface area contributed by atoms with Crippen molar-refractivity contribution in [1.82, 2.24) is 4.98 Å². The average molecular weight is 335 g/mol. The number of ether oxygens (including phenoxy) is 1. The second-order valence-electron chi connectivity index (χ2n) is 5.47. The highest BCUT2D eigenvalue weighted by molar-refractivity contribution is 6.04. The van der Waals surface area contributed by atoms with E-state index in [2.05, 4.69) is 15.6 Å². The van der Waals surface area contributed by atoms with Gasteiger partial charge in [0.25, 0.3) is 5.91 Å². The van der Waals surface area contributed by atoms with Crippen molar-refractivity contribution in [3.8, 4) is 5.75 Å². The van der Waals surface area contributed by atoms with Crippen LogP contribution in [0.1, 0.15) is 17.4 Å². The Morgan fingerprint density at radius 2 is 1.72 bits per heavy atom. The van der Waals surface area contributed by atoms with Gasteiger partial charge in [-0.25, -0.2) is 4.98 Å². The van der Waals surface area contributed by atoms with E-state index in [4.69, 9.17) is 4.74 Å². The van der Waals surface area contributed by atoms with Crippen molar-refractivity contribution in [2.24, 2.45) is 0 Å². The van der Waals surface area contributed by atoms with Gasteiger partial charge in [0.2, 0.25) is 5.91 Å². The van der Waals surface area contributed by atoms with Gasteiger partial charge in [0.15, 0.2) is 0 Å². The Hall–Kier alpha value is -3.41. The summed E-state index contributed by atoms with van der Waals surface area (Å²) in [6, 6.07) is 15.9. The molecule has 2 amide bonds. The molecule has 0 spiro atoms. The number of fused-ring (bicyclic) bond motifs is 1. The molecule has 126 valence electrons. The zero-order valence-corrected chi connectivity index (χ0v) is 13.9. The smallest absolute Gasteiger partial charge is 0.274 e. The first-order valence-electron chi connectivity index (χ1n) is 7.69. The summed E-state index contributed by atoms with van der Waals surface area (Å²) >= 11 is 0. The minimum atomic E-state index is -0.322. The Bertz CT molecular complexity index is 954. The van der Waals surface area contributed by atoms with Gasteiger partial charge < -0.3 is 15.4 Å². The molecule has 6 nitrogen and oxygen atoms in total. The number of anilines is 2. The van der Waals surface area contributed by atoms with Gasteiger partial charge in [-0.05, 0) is 42.5 Å². The van der Waals surface area contributed by atoms with Gasteiger partial charge in [0, 0.05) is 23.7 Å². The number of hydrogen-bond donors (Lipinski definition) is 2. The van der Waals surface area contributed by atoms with E-state index in [0.717, 1.165) is 11.1 Å². The zero-order valence-electron chi connectivity index (χ0n) is 13.9. The predicted molar refractivity (Wildman–Crippen MR) is 97.0 cm³/mol.